The van der Waals surface area contributed by atoms with Crippen molar-refractivity contribution < 1.29 is 17.9 Å². The summed E-state index contributed by atoms with van der Waals surface area (Å²) in [6, 6.07) is 3.29. The molecule has 0 aliphatic rings. The van der Waals surface area contributed by atoms with Crippen molar-refractivity contribution in [3.63, 3.8) is 0 Å². The molecule has 1 aromatic rings. The van der Waals surface area contributed by atoms with Crippen LogP contribution in [0.5, 0.6) is 0 Å². The normalized spacial score (nSPS) is 13.1. The first-order valence-corrected chi connectivity index (χ1v) is 6.47. The fourth-order valence-corrected chi connectivity index (χ4v) is 1.90. The smallest absolute Gasteiger partial charge is 0.389 e. The highest BCUT2D eigenvalue weighted by atomic mass is 32.1. The van der Waals surface area contributed by atoms with Gasteiger partial charge < -0.3 is 15.8 Å². The van der Waals surface area contributed by atoms with E-state index in [1.165, 1.54) is 6.07 Å². The minimum Gasteiger partial charge on any atom is -0.389 e. The van der Waals surface area contributed by atoms with Crippen LogP contribution in [0.1, 0.15) is 24.5 Å². The molecule has 0 aliphatic carbocycles. The highest BCUT2D eigenvalue weighted by Crippen LogP contribution is 2.32. The third-order valence-corrected chi connectivity index (χ3v) is 3.05. The van der Waals surface area contributed by atoms with Crippen LogP contribution >= 0.6 is 12.2 Å². The second-order valence-electron chi connectivity index (χ2n) is 4.33. The lowest BCUT2D eigenvalue weighted by atomic mass is 10.1. The number of alkyl halides is 3. The molecule has 3 nitrogen and oxygen atoms in total. The summed E-state index contributed by atoms with van der Waals surface area (Å²) in [5, 5.41) is 3.10. The standard InChI is InChI=1S/C13H17F3N2OS/c1-3-9(7-19-2)18-11-5-4-8(13(14,15)16)6-10(11)12(17)20/h4-6,9,18H,3,7H2,1-2H3,(H2,17,20). The number of nitrogens with two attached hydrogens (primary N) is 1. The number of hydrogen-bond acceptors (Lipinski definition) is 3. The van der Waals surface area contributed by atoms with E-state index >= 15 is 0 Å². The van der Waals surface area contributed by atoms with Crippen LogP contribution in [-0.2, 0) is 10.9 Å². The molecule has 20 heavy (non-hydrogen) atoms. The molecule has 7 heteroatoms. The Morgan fingerprint density at radius 1 is 1.45 bits per heavy atom. The Morgan fingerprint density at radius 3 is 2.55 bits per heavy atom. The number of benzene rings is 1. The Labute approximate surface area is 121 Å². The van der Waals surface area contributed by atoms with Crippen molar-refractivity contribution in [1.29, 1.82) is 0 Å². The lowest BCUT2D eigenvalue weighted by Crippen LogP contribution is -2.26. The largest absolute Gasteiger partial charge is 0.416 e. The average molecular weight is 306 g/mol. The zero-order valence-electron chi connectivity index (χ0n) is 11.3. The SMILES string of the molecule is CCC(COC)Nc1ccc(C(F)(F)F)cc1C(N)=S. The maximum Gasteiger partial charge on any atom is 0.416 e. The molecule has 3 N–H and O–H groups in total. The van der Waals surface area contributed by atoms with E-state index in [0.717, 1.165) is 18.6 Å². The van der Waals surface area contributed by atoms with Gasteiger partial charge in [-0.1, -0.05) is 19.1 Å². The van der Waals surface area contributed by atoms with Crippen molar-refractivity contribution >= 4 is 22.9 Å². The number of methoxy groups -OCH3 is 1. The van der Waals surface area contributed by atoms with Gasteiger partial charge in [0.25, 0.3) is 0 Å². The summed E-state index contributed by atoms with van der Waals surface area (Å²) in [4.78, 5) is -0.0779. The van der Waals surface area contributed by atoms with Gasteiger partial charge in [-0.05, 0) is 24.6 Å². The average Bonchev–Trinajstić information content (AvgIpc) is 2.36. The number of thiocarbonyl (C=S) groups is 1. The summed E-state index contributed by atoms with van der Waals surface area (Å²) in [6.07, 6.45) is -3.67. The Kier molecular flexibility index (Phi) is 5.76. The third kappa shape index (κ3) is 4.35. The molecular weight excluding hydrogens is 289 g/mol. The van der Waals surface area contributed by atoms with Gasteiger partial charge >= 0.3 is 6.18 Å². The lowest BCUT2D eigenvalue weighted by Gasteiger charge is -2.20. The van der Waals surface area contributed by atoms with Crippen LogP contribution in [0.4, 0.5) is 18.9 Å². The highest BCUT2D eigenvalue weighted by Gasteiger charge is 2.31. The Hall–Kier alpha value is -1.34. The van der Waals surface area contributed by atoms with Gasteiger partial charge in [0.2, 0.25) is 0 Å². The van der Waals surface area contributed by atoms with E-state index in [4.69, 9.17) is 22.7 Å². The number of rotatable bonds is 6. The van der Waals surface area contributed by atoms with Gasteiger partial charge in [0.1, 0.15) is 4.99 Å². The number of ether oxygens (including phenoxy) is 1. The van der Waals surface area contributed by atoms with Crippen molar-refractivity contribution in [2.24, 2.45) is 5.73 Å². The predicted molar refractivity (Wildman–Crippen MR) is 76.9 cm³/mol. The molecule has 0 radical (unpaired) electrons. The zero-order valence-corrected chi connectivity index (χ0v) is 12.1. The van der Waals surface area contributed by atoms with Gasteiger partial charge in [-0.15, -0.1) is 0 Å². The van der Waals surface area contributed by atoms with Crippen LogP contribution in [0.25, 0.3) is 0 Å². The van der Waals surface area contributed by atoms with Gasteiger partial charge in [0.15, 0.2) is 0 Å². The maximum atomic E-state index is 12.7. The summed E-state index contributed by atoms with van der Waals surface area (Å²) in [7, 11) is 1.56. The number of halogens is 3. The van der Waals surface area contributed by atoms with Gasteiger partial charge in [-0.25, -0.2) is 0 Å². The third-order valence-electron chi connectivity index (χ3n) is 2.83. The number of anilines is 1. The van der Waals surface area contributed by atoms with Crippen LogP contribution in [0.2, 0.25) is 0 Å². The van der Waals surface area contributed by atoms with Gasteiger partial charge in [-0.3, -0.25) is 0 Å². The van der Waals surface area contributed by atoms with E-state index < -0.39 is 11.7 Å². The predicted octanol–water partition coefficient (Wildman–Crippen LogP) is 3.18. The Balaban J connectivity index is 3.10. The molecule has 112 valence electrons. The summed E-state index contributed by atoms with van der Waals surface area (Å²) in [5.74, 6) is 0. The maximum absolute atomic E-state index is 12.7. The van der Waals surface area contributed by atoms with Crippen molar-refractivity contribution in [2.45, 2.75) is 25.6 Å². The van der Waals surface area contributed by atoms with Crippen LogP contribution in [0.15, 0.2) is 18.2 Å². The monoisotopic (exact) mass is 306 g/mol. The Morgan fingerprint density at radius 2 is 2.10 bits per heavy atom. The summed E-state index contributed by atoms with van der Waals surface area (Å²) in [5.41, 5.74) is 5.40. The fourth-order valence-electron chi connectivity index (χ4n) is 1.73. The van der Waals surface area contributed by atoms with Crippen molar-refractivity contribution in [3.8, 4) is 0 Å². The van der Waals surface area contributed by atoms with E-state index in [-0.39, 0.29) is 16.6 Å². The van der Waals surface area contributed by atoms with E-state index in [1.54, 1.807) is 7.11 Å². The molecule has 0 saturated carbocycles. The first-order chi connectivity index (χ1) is 9.29. The zero-order chi connectivity index (χ0) is 15.3. The van der Waals surface area contributed by atoms with Crippen LogP contribution < -0.4 is 11.1 Å². The molecule has 0 heterocycles. The minimum atomic E-state index is -4.42. The molecule has 0 bridgehead atoms. The van der Waals surface area contributed by atoms with E-state index in [0.29, 0.717) is 12.3 Å². The van der Waals surface area contributed by atoms with E-state index in [9.17, 15) is 13.2 Å². The van der Waals surface area contributed by atoms with Crippen molar-refractivity contribution in [3.05, 3.63) is 29.3 Å². The molecule has 0 spiro atoms. The lowest BCUT2D eigenvalue weighted by molar-refractivity contribution is -0.137. The van der Waals surface area contributed by atoms with Crippen molar-refractivity contribution in [1.82, 2.24) is 0 Å². The second kappa shape index (κ2) is 6.90. The molecule has 1 rings (SSSR count). The molecule has 1 atom stereocenters. The van der Waals surface area contributed by atoms with E-state index in [1.807, 2.05) is 6.92 Å². The summed E-state index contributed by atoms with van der Waals surface area (Å²) in [6.45, 7) is 2.38. The fraction of sp³-hybridized carbons (Fsp3) is 0.462. The van der Waals surface area contributed by atoms with Crippen LogP contribution in [0, 0.1) is 0 Å². The minimum absolute atomic E-state index is 0.0233. The molecule has 0 saturated heterocycles. The molecule has 0 aliphatic heterocycles. The molecule has 0 fully saturated rings. The number of nitrogens with one attached hydrogen (secondary N) is 1. The van der Waals surface area contributed by atoms with Gasteiger partial charge in [-0.2, -0.15) is 13.2 Å². The topological polar surface area (TPSA) is 47.3 Å². The van der Waals surface area contributed by atoms with E-state index in [2.05, 4.69) is 5.32 Å². The molecule has 0 amide bonds. The van der Waals surface area contributed by atoms with Gasteiger partial charge in [0.05, 0.1) is 12.2 Å². The summed E-state index contributed by atoms with van der Waals surface area (Å²) < 4.78 is 43.1. The highest BCUT2D eigenvalue weighted by molar-refractivity contribution is 7.80. The number of hydrogen-bond donors (Lipinski definition) is 2. The van der Waals surface area contributed by atoms with Crippen molar-refractivity contribution in [2.75, 3.05) is 19.0 Å². The van der Waals surface area contributed by atoms with Crippen LogP contribution in [0.3, 0.4) is 0 Å². The first-order valence-electron chi connectivity index (χ1n) is 6.06. The second-order valence-corrected chi connectivity index (χ2v) is 4.77. The summed E-state index contributed by atoms with van der Waals surface area (Å²) >= 11 is 4.82. The molecule has 1 aromatic carbocycles. The Bertz CT molecular complexity index is 477. The molecular formula is C13H17F3N2OS. The molecule has 1 unspecified atom stereocenters. The van der Waals surface area contributed by atoms with Gasteiger partial charge in [0, 0.05) is 24.4 Å². The van der Waals surface area contributed by atoms with Crippen LogP contribution in [-0.4, -0.2) is 24.7 Å². The molecule has 0 aromatic heterocycles. The quantitative estimate of drug-likeness (QED) is 0.793. The first kappa shape index (κ1) is 16.7.